The molecule has 2 aromatic heterocycles. The van der Waals surface area contributed by atoms with Gasteiger partial charge in [0.25, 0.3) is 5.91 Å². The number of carbonyl (C=O) groups is 1. The first-order chi connectivity index (χ1) is 17.8. The monoisotopic (exact) mass is 496 g/mol. The van der Waals surface area contributed by atoms with E-state index in [1.807, 2.05) is 41.3 Å². The van der Waals surface area contributed by atoms with Crippen LogP contribution >= 0.6 is 0 Å². The van der Waals surface area contributed by atoms with Crippen molar-refractivity contribution in [3.8, 4) is 11.3 Å². The van der Waals surface area contributed by atoms with E-state index < -0.39 is 0 Å². The summed E-state index contributed by atoms with van der Waals surface area (Å²) >= 11 is 0. The van der Waals surface area contributed by atoms with Crippen LogP contribution in [0.4, 0.5) is 15.9 Å². The molecule has 2 aliphatic heterocycles. The summed E-state index contributed by atoms with van der Waals surface area (Å²) in [5.74, 6) is 0.423. The Balaban J connectivity index is 1.39. The summed E-state index contributed by atoms with van der Waals surface area (Å²) < 4.78 is 14.1. The number of carbonyl (C=O) groups excluding carboxylic acids is 1. The molecule has 0 bridgehead atoms. The Morgan fingerprint density at radius 2 is 1.97 bits per heavy atom. The number of fused-ring (bicyclic) bond motifs is 2. The molecular formula is C29H29FN6O. The summed E-state index contributed by atoms with van der Waals surface area (Å²) in [6.07, 6.45) is 3.41. The predicted molar refractivity (Wildman–Crippen MR) is 142 cm³/mol. The number of hydrogen-bond acceptors (Lipinski definition) is 6. The third-order valence-electron chi connectivity index (χ3n) is 7.40. The van der Waals surface area contributed by atoms with E-state index in [2.05, 4.69) is 28.7 Å². The lowest BCUT2D eigenvalue weighted by molar-refractivity contribution is 0.0709. The minimum absolute atomic E-state index is 0.00931. The van der Waals surface area contributed by atoms with Crippen molar-refractivity contribution in [2.24, 2.45) is 5.73 Å². The van der Waals surface area contributed by atoms with Gasteiger partial charge in [-0.2, -0.15) is 0 Å². The normalized spacial score (nSPS) is 18.8. The van der Waals surface area contributed by atoms with Crippen LogP contribution in [0.25, 0.3) is 22.3 Å². The van der Waals surface area contributed by atoms with E-state index in [1.165, 1.54) is 12.4 Å². The zero-order valence-electron chi connectivity index (χ0n) is 21.0. The second-order valence-electron chi connectivity index (χ2n) is 10.6. The molecular weight excluding hydrogens is 467 g/mol. The average Bonchev–Trinajstić information content (AvgIpc) is 3.17. The molecule has 1 saturated heterocycles. The lowest BCUT2D eigenvalue weighted by Gasteiger charge is -2.30. The topological polar surface area (TPSA) is 88.2 Å². The average molecular weight is 497 g/mol. The number of benzene rings is 2. The number of halogens is 1. The molecule has 0 unspecified atom stereocenters. The van der Waals surface area contributed by atoms with Crippen molar-refractivity contribution < 1.29 is 9.18 Å². The largest absolute Gasteiger partial charge is 0.337 e. The van der Waals surface area contributed by atoms with Crippen molar-refractivity contribution >= 4 is 28.4 Å². The molecule has 8 heteroatoms. The quantitative estimate of drug-likeness (QED) is 0.437. The van der Waals surface area contributed by atoms with Crippen LogP contribution in [-0.4, -0.2) is 51.4 Å². The minimum Gasteiger partial charge on any atom is -0.337 e. The third-order valence-corrected chi connectivity index (χ3v) is 7.40. The number of likely N-dealkylation sites (tertiary alicyclic amines) is 1. The zero-order valence-corrected chi connectivity index (χ0v) is 21.0. The Labute approximate surface area is 215 Å². The molecule has 1 amide bonds. The standard InChI is InChI=1S/C29H29FN6O/c1-29(2)16-36(25-11-8-20(30)14-22(25)29)27-26-24(32-17-33-27)10-9-23(34-26)18-5-3-6-19(13-18)28(37)35-12-4-7-21(31)15-35/h3,5-6,8-11,13-14,17,21H,4,7,12,15-16,31H2,1-2H3/t21-/m0/s1. The van der Waals surface area contributed by atoms with Crippen LogP contribution in [0, 0.1) is 5.82 Å². The van der Waals surface area contributed by atoms with Gasteiger partial charge < -0.3 is 15.5 Å². The zero-order chi connectivity index (χ0) is 25.7. The smallest absolute Gasteiger partial charge is 0.253 e. The summed E-state index contributed by atoms with van der Waals surface area (Å²) in [5, 5.41) is 0. The van der Waals surface area contributed by atoms with Crippen LogP contribution in [-0.2, 0) is 5.41 Å². The molecule has 6 rings (SSSR count). The molecule has 0 aliphatic carbocycles. The Hall–Kier alpha value is -3.91. The molecule has 188 valence electrons. The number of amides is 1. The first-order valence-electron chi connectivity index (χ1n) is 12.6. The van der Waals surface area contributed by atoms with Crippen LogP contribution in [0.1, 0.15) is 42.6 Å². The summed E-state index contributed by atoms with van der Waals surface area (Å²) in [5.41, 5.74) is 11.3. The van der Waals surface area contributed by atoms with E-state index in [-0.39, 0.29) is 23.2 Å². The molecule has 0 radical (unpaired) electrons. The first-order valence-corrected chi connectivity index (χ1v) is 12.6. The summed E-state index contributed by atoms with van der Waals surface area (Å²) in [6, 6.07) is 16.3. The van der Waals surface area contributed by atoms with E-state index in [0.29, 0.717) is 30.0 Å². The predicted octanol–water partition coefficient (Wildman–Crippen LogP) is 4.82. The summed E-state index contributed by atoms with van der Waals surface area (Å²) in [4.78, 5) is 31.1. The van der Waals surface area contributed by atoms with Crippen molar-refractivity contribution in [1.82, 2.24) is 19.9 Å². The van der Waals surface area contributed by atoms with E-state index >= 15 is 0 Å². The van der Waals surface area contributed by atoms with E-state index in [1.54, 1.807) is 12.1 Å². The molecule has 2 N–H and O–H groups in total. The number of anilines is 2. The second kappa shape index (κ2) is 8.88. The van der Waals surface area contributed by atoms with E-state index in [9.17, 15) is 9.18 Å². The van der Waals surface area contributed by atoms with Crippen molar-refractivity contribution in [3.05, 3.63) is 77.9 Å². The molecule has 4 heterocycles. The Morgan fingerprint density at radius 3 is 2.81 bits per heavy atom. The maximum Gasteiger partial charge on any atom is 0.253 e. The Bertz CT molecular complexity index is 1520. The molecule has 1 fully saturated rings. The molecule has 0 saturated carbocycles. The number of nitrogens with two attached hydrogens (primary N) is 1. The number of nitrogens with zero attached hydrogens (tertiary/aromatic N) is 5. The number of pyridine rings is 1. The maximum absolute atomic E-state index is 14.1. The molecule has 37 heavy (non-hydrogen) atoms. The van der Waals surface area contributed by atoms with Gasteiger partial charge in [0, 0.05) is 47.9 Å². The van der Waals surface area contributed by atoms with Crippen LogP contribution in [0.15, 0.2) is 60.9 Å². The van der Waals surface area contributed by atoms with Gasteiger partial charge in [-0.25, -0.2) is 19.3 Å². The Kier molecular flexibility index (Phi) is 5.64. The van der Waals surface area contributed by atoms with E-state index in [0.717, 1.165) is 47.4 Å². The molecule has 0 spiro atoms. The number of rotatable bonds is 3. The van der Waals surface area contributed by atoms with Gasteiger partial charge in [0.1, 0.15) is 17.7 Å². The maximum atomic E-state index is 14.1. The van der Waals surface area contributed by atoms with Crippen molar-refractivity contribution in [2.45, 2.75) is 38.1 Å². The SMILES string of the molecule is CC1(C)CN(c2ncnc3ccc(-c4cccc(C(=O)N5CCC[C@H](N)C5)c4)nc23)c2ccc(F)cc21. The molecule has 2 aromatic carbocycles. The fourth-order valence-corrected chi connectivity index (χ4v) is 5.51. The fourth-order valence-electron chi connectivity index (χ4n) is 5.51. The van der Waals surface area contributed by atoms with Gasteiger partial charge in [0.05, 0.1) is 11.2 Å². The van der Waals surface area contributed by atoms with Crippen molar-refractivity contribution in [2.75, 3.05) is 24.5 Å². The highest BCUT2D eigenvalue weighted by molar-refractivity contribution is 5.96. The van der Waals surface area contributed by atoms with E-state index in [4.69, 9.17) is 10.7 Å². The fraction of sp³-hybridized carbons (Fsp3) is 0.310. The van der Waals surface area contributed by atoms with Crippen LogP contribution in [0.2, 0.25) is 0 Å². The number of hydrogen-bond donors (Lipinski definition) is 1. The minimum atomic E-state index is -0.252. The van der Waals surface area contributed by atoms with Gasteiger partial charge in [0.2, 0.25) is 0 Å². The van der Waals surface area contributed by atoms with Gasteiger partial charge >= 0.3 is 0 Å². The van der Waals surface area contributed by atoms with Crippen LogP contribution < -0.4 is 10.6 Å². The lowest BCUT2D eigenvalue weighted by atomic mass is 9.87. The second-order valence-corrected chi connectivity index (χ2v) is 10.6. The molecule has 7 nitrogen and oxygen atoms in total. The van der Waals surface area contributed by atoms with Gasteiger partial charge in [-0.05, 0) is 60.9 Å². The van der Waals surface area contributed by atoms with Gasteiger partial charge in [-0.1, -0.05) is 26.0 Å². The van der Waals surface area contributed by atoms with Crippen LogP contribution in [0.3, 0.4) is 0 Å². The van der Waals surface area contributed by atoms with Crippen molar-refractivity contribution in [1.29, 1.82) is 0 Å². The first kappa shape index (κ1) is 23.5. The number of aromatic nitrogens is 3. The highest BCUT2D eigenvalue weighted by atomic mass is 19.1. The highest BCUT2D eigenvalue weighted by Crippen LogP contribution is 2.45. The highest BCUT2D eigenvalue weighted by Gasteiger charge is 2.37. The van der Waals surface area contributed by atoms with Crippen LogP contribution in [0.5, 0.6) is 0 Å². The van der Waals surface area contributed by atoms with Gasteiger partial charge in [0.15, 0.2) is 5.82 Å². The Morgan fingerprint density at radius 1 is 1.11 bits per heavy atom. The van der Waals surface area contributed by atoms with Gasteiger partial charge in [-0.15, -0.1) is 0 Å². The lowest BCUT2D eigenvalue weighted by Crippen LogP contribution is -2.45. The van der Waals surface area contributed by atoms with Crippen molar-refractivity contribution in [3.63, 3.8) is 0 Å². The third kappa shape index (κ3) is 4.21. The molecule has 4 aromatic rings. The molecule has 2 aliphatic rings. The summed E-state index contributed by atoms with van der Waals surface area (Å²) in [7, 11) is 0. The summed E-state index contributed by atoms with van der Waals surface area (Å²) in [6.45, 7) is 6.15. The van der Waals surface area contributed by atoms with Gasteiger partial charge in [-0.3, -0.25) is 4.79 Å². The molecule has 1 atom stereocenters. The number of piperidine rings is 1.